The van der Waals surface area contributed by atoms with Crippen LogP contribution in [0.4, 0.5) is 4.39 Å². The smallest absolute Gasteiger partial charge is 0.335 e. The van der Waals surface area contributed by atoms with Gasteiger partial charge < -0.3 is 10.0 Å². The van der Waals surface area contributed by atoms with E-state index < -0.39 is 17.3 Å². The molecule has 1 heterocycles. The van der Waals surface area contributed by atoms with Crippen LogP contribution in [-0.2, 0) is 15.1 Å². The molecule has 1 unspecified atom stereocenters. The van der Waals surface area contributed by atoms with E-state index in [4.69, 9.17) is 0 Å². The van der Waals surface area contributed by atoms with E-state index in [1.54, 1.807) is 6.92 Å². The Labute approximate surface area is 117 Å². The number of aliphatic carboxylic acids is 1. The zero-order chi connectivity index (χ0) is 15.3. The number of carbonyl (C=O) groups excluding carboxylic acids is 1. The molecular weight excluding hydrogens is 263 g/mol. The van der Waals surface area contributed by atoms with Gasteiger partial charge in [-0.1, -0.05) is 13.8 Å². The first-order valence-electron chi connectivity index (χ1n) is 6.53. The van der Waals surface area contributed by atoms with Crippen LogP contribution in [0.3, 0.4) is 0 Å². The fourth-order valence-corrected chi connectivity index (χ4v) is 2.35. The van der Waals surface area contributed by atoms with Crippen LogP contribution in [0.1, 0.15) is 39.3 Å². The molecule has 20 heavy (non-hydrogen) atoms. The molecule has 1 amide bonds. The molecule has 0 saturated heterocycles. The Kier molecular flexibility index (Phi) is 5.19. The Morgan fingerprint density at radius 1 is 1.40 bits per heavy atom. The number of pyridine rings is 1. The Hall–Kier alpha value is -1.98. The van der Waals surface area contributed by atoms with Crippen molar-refractivity contribution in [3.8, 4) is 0 Å². The number of halogens is 1. The van der Waals surface area contributed by atoms with Crippen LogP contribution in [0.5, 0.6) is 0 Å². The lowest BCUT2D eigenvalue weighted by molar-refractivity contribution is -0.160. The summed E-state index contributed by atoms with van der Waals surface area (Å²) in [6, 6.07) is 2.47. The topological polar surface area (TPSA) is 70.5 Å². The van der Waals surface area contributed by atoms with E-state index in [-0.39, 0.29) is 18.0 Å². The lowest BCUT2D eigenvalue weighted by atomic mass is 9.88. The van der Waals surface area contributed by atoms with Gasteiger partial charge in [0.25, 0.3) is 0 Å². The number of hydrogen-bond acceptors (Lipinski definition) is 3. The van der Waals surface area contributed by atoms with Gasteiger partial charge in [0.1, 0.15) is 5.82 Å². The average molecular weight is 282 g/mol. The predicted octanol–water partition coefficient (Wildman–Crippen LogP) is 2.17. The molecule has 6 heteroatoms. The Morgan fingerprint density at radius 3 is 2.40 bits per heavy atom. The molecule has 1 aromatic heterocycles. The van der Waals surface area contributed by atoms with Gasteiger partial charge in [-0.2, -0.15) is 0 Å². The summed E-state index contributed by atoms with van der Waals surface area (Å²) in [5.74, 6) is -2.06. The van der Waals surface area contributed by atoms with E-state index in [1.165, 1.54) is 17.9 Å². The van der Waals surface area contributed by atoms with E-state index in [1.807, 2.05) is 6.92 Å². The molecule has 0 spiro atoms. The van der Waals surface area contributed by atoms with E-state index in [2.05, 4.69) is 4.98 Å². The third-order valence-electron chi connectivity index (χ3n) is 3.30. The Morgan fingerprint density at radius 2 is 2.05 bits per heavy atom. The molecule has 110 valence electrons. The number of amides is 1. The van der Waals surface area contributed by atoms with Crippen molar-refractivity contribution in [2.75, 3.05) is 6.54 Å². The first-order valence-corrected chi connectivity index (χ1v) is 6.53. The van der Waals surface area contributed by atoms with Gasteiger partial charge in [0.15, 0.2) is 5.54 Å². The second-order valence-electron chi connectivity index (χ2n) is 4.55. The maximum Gasteiger partial charge on any atom is 0.335 e. The van der Waals surface area contributed by atoms with Crippen molar-refractivity contribution < 1.29 is 19.1 Å². The van der Waals surface area contributed by atoms with Crippen LogP contribution in [0, 0.1) is 5.82 Å². The van der Waals surface area contributed by atoms with Crippen LogP contribution in [0.2, 0.25) is 0 Å². The van der Waals surface area contributed by atoms with Gasteiger partial charge in [-0.05, 0) is 25.0 Å². The minimum atomic E-state index is -1.56. The highest BCUT2D eigenvalue weighted by molar-refractivity contribution is 5.86. The lowest BCUT2D eigenvalue weighted by Gasteiger charge is -2.39. The highest BCUT2D eigenvalue weighted by Crippen LogP contribution is 2.32. The number of hydrogen-bond donors (Lipinski definition) is 1. The molecule has 1 aromatic rings. The Balaban J connectivity index is 3.44. The summed E-state index contributed by atoms with van der Waals surface area (Å²) < 4.78 is 13.0. The molecule has 0 aliphatic heterocycles. The minimum absolute atomic E-state index is 0.153. The molecule has 1 N–H and O–H groups in total. The summed E-state index contributed by atoms with van der Waals surface area (Å²) in [6.45, 7) is 5.15. The normalized spacial score (nSPS) is 13.6. The van der Waals surface area contributed by atoms with Crippen molar-refractivity contribution in [2.45, 2.75) is 39.2 Å². The maximum absolute atomic E-state index is 13.0. The highest BCUT2D eigenvalue weighted by Gasteiger charge is 2.46. The molecule has 0 bridgehead atoms. The second kappa shape index (κ2) is 6.45. The fraction of sp³-hybridized carbons (Fsp3) is 0.500. The number of aromatic nitrogens is 1. The van der Waals surface area contributed by atoms with Crippen molar-refractivity contribution in [1.82, 2.24) is 9.88 Å². The zero-order valence-electron chi connectivity index (χ0n) is 11.9. The molecule has 1 rings (SSSR count). The van der Waals surface area contributed by atoms with E-state index in [9.17, 15) is 19.1 Å². The van der Waals surface area contributed by atoms with E-state index in [0.717, 1.165) is 12.3 Å². The molecule has 0 aliphatic carbocycles. The SMILES string of the molecule is CCCN(C(C)=O)C(CC)(C(=O)O)c1ccc(F)cn1. The van der Waals surface area contributed by atoms with E-state index >= 15 is 0 Å². The quantitative estimate of drug-likeness (QED) is 0.868. The minimum Gasteiger partial charge on any atom is -0.479 e. The van der Waals surface area contributed by atoms with Crippen LogP contribution >= 0.6 is 0 Å². The lowest BCUT2D eigenvalue weighted by Crippen LogP contribution is -2.54. The largest absolute Gasteiger partial charge is 0.479 e. The number of carbonyl (C=O) groups is 2. The van der Waals surface area contributed by atoms with E-state index in [0.29, 0.717) is 13.0 Å². The summed E-state index contributed by atoms with van der Waals surface area (Å²) in [7, 11) is 0. The van der Waals surface area contributed by atoms with Crippen LogP contribution in [-0.4, -0.2) is 33.4 Å². The summed E-state index contributed by atoms with van der Waals surface area (Å²) in [4.78, 5) is 28.8. The monoisotopic (exact) mass is 282 g/mol. The summed E-state index contributed by atoms with van der Waals surface area (Å²) >= 11 is 0. The first-order chi connectivity index (χ1) is 9.40. The highest BCUT2D eigenvalue weighted by atomic mass is 19.1. The predicted molar refractivity (Wildman–Crippen MR) is 71.5 cm³/mol. The van der Waals surface area contributed by atoms with Crippen LogP contribution in [0.25, 0.3) is 0 Å². The van der Waals surface area contributed by atoms with Gasteiger partial charge in [-0.3, -0.25) is 9.78 Å². The molecule has 0 radical (unpaired) electrons. The average Bonchev–Trinajstić information content (AvgIpc) is 2.40. The van der Waals surface area contributed by atoms with Gasteiger partial charge in [-0.25, -0.2) is 9.18 Å². The van der Waals surface area contributed by atoms with Gasteiger partial charge in [0.2, 0.25) is 5.91 Å². The number of carboxylic acids is 1. The third-order valence-corrected chi connectivity index (χ3v) is 3.30. The molecular formula is C14H19FN2O3. The van der Waals surface area contributed by atoms with Crippen LogP contribution in [0.15, 0.2) is 18.3 Å². The molecule has 0 fully saturated rings. The molecule has 0 aromatic carbocycles. The first kappa shape index (κ1) is 16.1. The van der Waals surface area contributed by atoms with Crippen molar-refractivity contribution in [1.29, 1.82) is 0 Å². The van der Waals surface area contributed by atoms with Gasteiger partial charge in [0, 0.05) is 13.5 Å². The fourth-order valence-electron chi connectivity index (χ4n) is 2.35. The number of carboxylic acid groups (broad SMARTS) is 1. The zero-order valence-corrected chi connectivity index (χ0v) is 11.9. The van der Waals surface area contributed by atoms with Crippen molar-refractivity contribution in [3.05, 3.63) is 29.8 Å². The van der Waals surface area contributed by atoms with Crippen molar-refractivity contribution in [2.24, 2.45) is 0 Å². The van der Waals surface area contributed by atoms with Crippen molar-refractivity contribution >= 4 is 11.9 Å². The summed E-state index contributed by atoms with van der Waals surface area (Å²) in [5.41, 5.74) is -1.40. The molecule has 0 saturated carbocycles. The molecule has 1 atom stereocenters. The summed E-state index contributed by atoms with van der Waals surface area (Å²) in [5, 5.41) is 9.66. The molecule has 5 nitrogen and oxygen atoms in total. The van der Waals surface area contributed by atoms with Gasteiger partial charge in [0.05, 0.1) is 11.9 Å². The summed E-state index contributed by atoms with van der Waals surface area (Å²) in [6.07, 6.45) is 1.74. The standard InChI is InChI=1S/C14H19FN2O3/c1-4-8-17(10(3)18)14(5-2,13(19)20)12-7-6-11(15)9-16-12/h6-7,9H,4-5,8H2,1-3H3,(H,19,20). The third kappa shape index (κ3) is 2.79. The number of rotatable bonds is 6. The Bertz CT molecular complexity index is 490. The van der Waals surface area contributed by atoms with Crippen LogP contribution < -0.4 is 0 Å². The second-order valence-corrected chi connectivity index (χ2v) is 4.55. The van der Waals surface area contributed by atoms with Gasteiger partial charge in [-0.15, -0.1) is 0 Å². The maximum atomic E-state index is 13.0. The number of nitrogens with zero attached hydrogens (tertiary/aromatic N) is 2. The molecule has 0 aliphatic rings. The van der Waals surface area contributed by atoms with Gasteiger partial charge >= 0.3 is 5.97 Å². The van der Waals surface area contributed by atoms with Crippen molar-refractivity contribution in [3.63, 3.8) is 0 Å².